The van der Waals surface area contributed by atoms with E-state index >= 15 is 0 Å². The van der Waals surface area contributed by atoms with Crippen molar-refractivity contribution < 1.29 is 9.53 Å². The van der Waals surface area contributed by atoms with Crippen LogP contribution in [0.5, 0.6) is 0 Å². The van der Waals surface area contributed by atoms with Crippen molar-refractivity contribution in [2.45, 2.75) is 72.1 Å². The summed E-state index contributed by atoms with van der Waals surface area (Å²) in [5.41, 5.74) is 1.49. The second-order valence-corrected chi connectivity index (χ2v) is 8.48. The van der Waals surface area contributed by atoms with E-state index in [1.54, 1.807) is 12.4 Å². The van der Waals surface area contributed by atoms with Crippen LogP contribution in [0.2, 0.25) is 0 Å². The standard InChI is InChI=1S/C20H30N6O2/c1-13-9-15(3)26(24-13)18-12-21-11-17(23-18)25-8-7-16(10-14(25)2)22-19(27)28-20(4,5)6/h9,11-12,14,16H,7-8,10H2,1-6H3,(H,22,27). The predicted octanol–water partition coefficient (Wildman–Crippen LogP) is 3.16. The fourth-order valence-corrected chi connectivity index (χ4v) is 3.56. The Kier molecular flexibility index (Phi) is 5.58. The Morgan fingerprint density at radius 2 is 1.96 bits per heavy atom. The van der Waals surface area contributed by atoms with Crippen molar-refractivity contribution in [3.8, 4) is 5.82 Å². The molecule has 1 fully saturated rings. The van der Waals surface area contributed by atoms with Crippen LogP contribution in [0.25, 0.3) is 5.82 Å². The summed E-state index contributed by atoms with van der Waals surface area (Å²) in [7, 11) is 0. The second kappa shape index (κ2) is 7.77. The first kappa shape index (κ1) is 20.1. The number of amides is 1. The molecule has 0 radical (unpaired) electrons. The van der Waals surface area contributed by atoms with Crippen LogP contribution in [0.1, 0.15) is 51.9 Å². The SMILES string of the molecule is Cc1cc(C)n(-c2cncc(N3CCC(NC(=O)OC(C)(C)C)CC3C)n2)n1. The van der Waals surface area contributed by atoms with Gasteiger partial charge in [-0.25, -0.2) is 14.5 Å². The van der Waals surface area contributed by atoms with Gasteiger partial charge in [-0.05, 0) is 60.5 Å². The quantitative estimate of drug-likeness (QED) is 0.872. The van der Waals surface area contributed by atoms with Crippen molar-refractivity contribution in [2.75, 3.05) is 11.4 Å². The van der Waals surface area contributed by atoms with Crippen molar-refractivity contribution >= 4 is 11.9 Å². The molecule has 8 heteroatoms. The van der Waals surface area contributed by atoms with E-state index in [-0.39, 0.29) is 18.2 Å². The molecule has 1 aliphatic rings. The summed E-state index contributed by atoms with van der Waals surface area (Å²) in [5, 5.41) is 7.48. The third kappa shape index (κ3) is 4.79. The number of carbonyl (C=O) groups is 1. The number of ether oxygens (including phenoxy) is 1. The van der Waals surface area contributed by atoms with Crippen LogP contribution >= 0.6 is 0 Å². The normalized spacial score (nSPS) is 20.1. The highest BCUT2D eigenvalue weighted by Crippen LogP contribution is 2.24. The third-order valence-corrected chi connectivity index (χ3v) is 4.73. The van der Waals surface area contributed by atoms with Gasteiger partial charge in [-0.1, -0.05) is 0 Å². The highest BCUT2D eigenvalue weighted by molar-refractivity contribution is 5.68. The summed E-state index contributed by atoms with van der Waals surface area (Å²) in [4.78, 5) is 23.4. The second-order valence-electron chi connectivity index (χ2n) is 8.48. The molecule has 2 atom stereocenters. The van der Waals surface area contributed by atoms with Crippen molar-refractivity contribution in [1.82, 2.24) is 25.1 Å². The summed E-state index contributed by atoms with van der Waals surface area (Å²) in [6, 6.07) is 2.33. The highest BCUT2D eigenvalue weighted by atomic mass is 16.6. The van der Waals surface area contributed by atoms with Gasteiger partial charge >= 0.3 is 6.09 Å². The number of hydrogen-bond donors (Lipinski definition) is 1. The van der Waals surface area contributed by atoms with Gasteiger partial charge in [0.05, 0.1) is 18.1 Å². The molecular weight excluding hydrogens is 356 g/mol. The topological polar surface area (TPSA) is 85.2 Å². The predicted molar refractivity (Wildman–Crippen MR) is 108 cm³/mol. The molecule has 2 unspecified atom stereocenters. The Morgan fingerprint density at radius 1 is 1.25 bits per heavy atom. The first-order valence-corrected chi connectivity index (χ1v) is 9.74. The summed E-state index contributed by atoms with van der Waals surface area (Å²) < 4.78 is 7.18. The van der Waals surface area contributed by atoms with Gasteiger partial charge in [-0.3, -0.25) is 4.98 Å². The van der Waals surface area contributed by atoms with Crippen molar-refractivity contribution in [2.24, 2.45) is 0 Å². The lowest BCUT2D eigenvalue weighted by molar-refractivity contribution is 0.0494. The Morgan fingerprint density at radius 3 is 2.57 bits per heavy atom. The molecule has 2 aromatic heterocycles. The molecule has 0 aliphatic carbocycles. The van der Waals surface area contributed by atoms with Gasteiger partial charge in [0.2, 0.25) is 0 Å². The summed E-state index contributed by atoms with van der Waals surface area (Å²) in [6.07, 6.45) is 4.81. The fourth-order valence-electron chi connectivity index (χ4n) is 3.56. The molecule has 0 bridgehead atoms. The minimum atomic E-state index is -0.491. The van der Waals surface area contributed by atoms with Crippen LogP contribution in [-0.2, 0) is 4.74 Å². The molecule has 0 spiro atoms. The van der Waals surface area contributed by atoms with E-state index in [1.807, 2.05) is 45.4 Å². The number of rotatable bonds is 3. The van der Waals surface area contributed by atoms with Crippen LogP contribution < -0.4 is 10.2 Å². The fraction of sp³-hybridized carbons (Fsp3) is 0.600. The van der Waals surface area contributed by atoms with Crippen LogP contribution in [0.4, 0.5) is 10.6 Å². The molecule has 28 heavy (non-hydrogen) atoms. The van der Waals surface area contributed by atoms with Crippen LogP contribution in [0, 0.1) is 13.8 Å². The molecule has 2 aromatic rings. The first-order chi connectivity index (χ1) is 13.1. The van der Waals surface area contributed by atoms with E-state index in [2.05, 4.69) is 27.2 Å². The average Bonchev–Trinajstić information content (AvgIpc) is 2.91. The Balaban J connectivity index is 1.67. The van der Waals surface area contributed by atoms with Gasteiger partial charge in [0.15, 0.2) is 5.82 Å². The minimum Gasteiger partial charge on any atom is -0.444 e. The number of alkyl carbamates (subject to hydrolysis) is 1. The molecule has 0 aromatic carbocycles. The van der Waals surface area contributed by atoms with E-state index < -0.39 is 5.60 Å². The van der Waals surface area contributed by atoms with E-state index in [4.69, 9.17) is 9.72 Å². The lowest BCUT2D eigenvalue weighted by Gasteiger charge is -2.38. The van der Waals surface area contributed by atoms with E-state index in [0.717, 1.165) is 36.6 Å². The minimum absolute atomic E-state index is 0.0910. The Labute approximate surface area is 166 Å². The van der Waals surface area contributed by atoms with E-state index in [1.165, 1.54) is 0 Å². The number of aryl methyl sites for hydroxylation is 2. The molecule has 1 saturated heterocycles. The maximum atomic E-state index is 12.0. The number of piperidine rings is 1. The van der Waals surface area contributed by atoms with Gasteiger partial charge in [0.25, 0.3) is 0 Å². The van der Waals surface area contributed by atoms with Gasteiger partial charge in [-0.15, -0.1) is 0 Å². The molecule has 152 valence electrons. The molecule has 3 heterocycles. The Bertz CT molecular complexity index is 841. The lowest BCUT2D eigenvalue weighted by atomic mass is 9.98. The van der Waals surface area contributed by atoms with Gasteiger partial charge in [0, 0.05) is 24.3 Å². The van der Waals surface area contributed by atoms with E-state index in [0.29, 0.717) is 5.82 Å². The van der Waals surface area contributed by atoms with Gasteiger partial charge in [0.1, 0.15) is 11.4 Å². The zero-order chi connectivity index (χ0) is 20.5. The summed E-state index contributed by atoms with van der Waals surface area (Å²) in [5.74, 6) is 1.54. The summed E-state index contributed by atoms with van der Waals surface area (Å²) >= 11 is 0. The zero-order valence-electron chi connectivity index (χ0n) is 17.6. The van der Waals surface area contributed by atoms with Crippen molar-refractivity contribution in [1.29, 1.82) is 0 Å². The molecule has 1 amide bonds. The lowest BCUT2D eigenvalue weighted by Crippen LogP contribution is -2.50. The number of carbonyl (C=O) groups excluding carboxylic acids is 1. The molecule has 0 saturated carbocycles. The number of nitrogens with one attached hydrogen (secondary N) is 1. The largest absolute Gasteiger partial charge is 0.444 e. The third-order valence-electron chi connectivity index (χ3n) is 4.73. The molecule has 1 aliphatic heterocycles. The molecule has 8 nitrogen and oxygen atoms in total. The molecule has 3 rings (SSSR count). The molecule has 1 N–H and O–H groups in total. The maximum absolute atomic E-state index is 12.0. The summed E-state index contributed by atoms with van der Waals surface area (Å²) in [6.45, 7) is 12.5. The number of hydrogen-bond acceptors (Lipinski definition) is 6. The van der Waals surface area contributed by atoms with Crippen LogP contribution in [0.15, 0.2) is 18.5 Å². The zero-order valence-corrected chi connectivity index (χ0v) is 17.6. The smallest absolute Gasteiger partial charge is 0.407 e. The molecular formula is C20H30N6O2. The van der Waals surface area contributed by atoms with Gasteiger partial charge in [-0.2, -0.15) is 5.10 Å². The monoisotopic (exact) mass is 386 g/mol. The van der Waals surface area contributed by atoms with Gasteiger partial charge < -0.3 is 15.0 Å². The maximum Gasteiger partial charge on any atom is 0.407 e. The van der Waals surface area contributed by atoms with Crippen LogP contribution in [-0.4, -0.2) is 50.1 Å². The van der Waals surface area contributed by atoms with Crippen molar-refractivity contribution in [3.05, 3.63) is 29.8 Å². The number of anilines is 1. The van der Waals surface area contributed by atoms with E-state index in [9.17, 15) is 4.79 Å². The van der Waals surface area contributed by atoms with Crippen LogP contribution in [0.3, 0.4) is 0 Å². The first-order valence-electron chi connectivity index (χ1n) is 9.74. The average molecular weight is 387 g/mol. The highest BCUT2D eigenvalue weighted by Gasteiger charge is 2.29. The number of aromatic nitrogens is 4. The Hall–Kier alpha value is -2.64. The van der Waals surface area contributed by atoms with Crippen molar-refractivity contribution in [3.63, 3.8) is 0 Å². The number of nitrogens with zero attached hydrogens (tertiary/aromatic N) is 5.